The summed E-state index contributed by atoms with van der Waals surface area (Å²) in [6, 6.07) is 9.21. The molecule has 1 aliphatic carbocycles. The van der Waals surface area contributed by atoms with Crippen molar-refractivity contribution in [1.29, 1.82) is 0 Å². The molecule has 0 bridgehead atoms. The second-order valence-corrected chi connectivity index (χ2v) is 8.56. The molecular weight excluding hydrogens is 312 g/mol. The highest BCUT2D eigenvalue weighted by atomic mass is 14.3. The van der Waals surface area contributed by atoms with Gasteiger partial charge in [-0.3, -0.25) is 0 Å². The second-order valence-electron chi connectivity index (χ2n) is 8.56. The molecule has 0 unspecified atom stereocenters. The number of benzene rings is 1. The quantitative estimate of drug-likeness (QED) is 0.330. The molecule has 1 aromatic carbocycles. The first-order valence-corrected chi connectivity index (χ1v) is 11.6. The zero-order valence-corrected chi connectivity index (χ0v) is 17.5. The van der Waals surface area contributed by atoms with E-state index < -0.39 is 0 Å². The maximum Gasteiger partial charge on any atom is -0.0260 e. The lowest BCUT2D eigenvalue weighted by atomic mass is 9.78. The van der Waals surface area contributed by atoms with E-state index in [0.717, 1.165) is 11.8 Å². The minimum atomic E-state index is 0.989. The van der Waals surface area contributed by atoms with Gasteiger partial charge in [0.1, 0.15) is 0 Å². The highest BCUT2D eigenvalue weighted by molar-refractivity contribution is 5.49. The zero-order valence-electron chi connectivity index (χ0n) is 17.5. The zero-order chi connectivity index (χ0) is 18.5. The van der Waals surface area contributed by atoms with Crippen LogP contribution in [0.15, 0.2) is 30.3 Å². The molecule has 26 heavy (non-hydrogen) atoms. The molecule has 0 spiro atoms. The average Bonchev–Trinajstić information content (AvgIpc) is 2.68. The molecule has 0 aromatic heterocycles. The summed E-state index contributed by atoms with van der Waals surface area (Å²) in [5.41, 5.74) is 2.86. The Morgan fingerprint density at radius 2 is 1.38 bits per heavy atom. The van der Waals surface area contributed by atoms with Crippen molar-refractivity contribution in [3.05, 3.63) is 41.5 Å². The first-order chi connectivity index (χ1) is 12.8. The summed E-state index contributed by atoms with van der Waals surface area (Å²) in [6.45, 7) is 4.58. The average molecular weight is 355 g/mol. The van der Waals surface area contributed by atoms with Crippen molar-refractivity contribution in [3.63, 3.8) is 0 Å². The maximum atomic E-state index is 2.40. The third-order valence-corrected chi connectivity index (χ3v) is 6.28. The molecule has 0 N–H and O–H groups in total. The van der Waals surface area contributed by atoms with Crippen LogP contribution in [0, 0.1) is 11.8 Å². The van der Waals surface area contributed by atoms with Gasteiger partial charge in [0, 0.05) is 0 Å². The number of rotatable bonds is 12. The normalized spacial score (nSPS) is 20.7. The molecule has 1 fully saturated rings. The fourth-order valence-electron chi connectivity index (χ4n) is 4.42. The van der Waals surface area contributed by atoms with Crippen LogP contribution in [-0.2, 0) is 6.42 Å². The number of unbranched alkanes of at least 4 members (excludes halogenated alkanes) is 4. The van der Waals surface area contributed by atoms with Gasteiger partial charge in [-0.15, -0.1) is 0 Å². The van der Waals surface area contributed by atoms with E-state index in [-0.39, 0.29) is 0 Å². The van der Waals surface area contributed by atoms with E-state index in [2.05, 4.69) is 50.3 Å². The number of hydrogen-bond donors (Lipinski definition) is 0. The molecule has 0 atom stereocenters. The highest BCUT2D eigenvalue weighted by Gasteiger charge is 2.19. The monoisotopic (exact) mass is 354 g/mol. The molecule has 0 amide bonds. The second kappa shape index (κ2) is 13.2. The molecule has 1 aliphatic rings. The Hall–Kier alpha value is -1.04. The Morgan fingerprint density at radius 1 is 0.769 bits per heavy atom. The third-order valence-electron chi connectivity index (χ3n) is 6.28. The van der Waals surface area contributed by atoms with Crippen LogP contribution in [0.2, 0.25) is 0 Å². The molecule has 0 heterocycles. The molecule has 0 aliphatic heterocycles. The fraction of sp³-hybridized carbons (Fsp3) is 0.692. The Labute approximate surface area is 163 Å². The van der Waals surface area contributed by atoms with Crippen molar-refractivity contribution in [2.45, 2.75) is 104 Å². The lowest BCUT2D eigenvalue weighted by Crippen LogP contribution is -2.14. The molecule has 0 radical (unpaired) electrons. The van der Waals surface area contributed by atoms with Crippen molar-refractivity contribution < 1.29 is 0 Å². The molecule has 1 saturated carbocycles. The van der Waals surface area contributed by atoms with E-state index in [0.29, 0.717) is 0 Å². The van der Waals surface area contributed by atoms with Gasteiger partial charge in [-0.1, -0.05) is 114 Å². The Balaban J connectivity index is 1.59. The van der Waals surface area contributed by atoms with Crippen molar-refractivity contribution in [2.75, 3.05) is 0 Å². The predicted molar refractivity (Wildman–Crippen MR) is 118 cm³/mol. The van der Waals surface area contributed by atoms with Crippen molar-refractivity contribution >= 4 is 6.08 Å². The summed E-state index contributed by atoms with van der Waals surface area (Å²) >= 11 is 0. The van der Waals surface area contributed by atoms with Crippen LogP contribution in [0.1, 0.15) is 108 Å². The van der Waals surface area contributed by atoms with Crippen LogP contribution in [0.5, 0.6) is 0 Å². The standard InChI is InChI=1S/C26H42/c1-3-5-7-11-23-15-19-25(20-16-23)13-9-10-14-26-21-17-24(18-22-26)12-8-6-4-2/h9,13,15-16,19-20,24,26H,3-8,10-12,14,17-18,21-22H2,1-2H3. The van der Waals surface area contributed by atoms with Gasteiger partial charge in [0.05, 0.1) is 0 Å². The van der Waals surface area contributed by atoms with E-state index in [9.17, 15) is 0 Å². The predicted octanol–water partition coefficient (Wildman–Crippen LogP) is 8.60. The molecule has 0 saturated heterocycles. The van der Waals surface area contributed by atoms with Gasteiger partial charge in [-0.05, 0) is 48.6 Å². The first kappa shape index (κ1) is 21.3. The van der Waals surface area contributed by atoms with Crippen molar-refractivity contribution in [2.24, 2.45) is 11.8 Å². The van der Waals surface area contributed by atoms with E-state index in [1.54, 1.807) is 0 Å². The topological polar surface area (TPSA) is 0 Å². The van der Waals surface area contributed by atoms with E-state index >= 15 is 0 Å². The smallest absolute Gasteiger partial charge is 0.0260 e. The Bertz CT molecular complexity index is 473. The number of aryl methyl sites for hydroxylation is 1. The van der Waals surface area contributed by atoms with E-state index in [1.807, 2.05) is 0 Å². The summed E-state index contributed by atoms with van der Waals surface area (Å²) < 4.78 is 0. The fourth-order valence-corrected chi connectivity index (χ4v) is 4.42. The third kappa shape index (κ3) is 8.56. The van der Waals surface area contributed by atoms with Crippen molar-refractivity contribution in [1.82, 2.24) is 0 Å². The first-order valence-electron chi connectivity index (χ1n) is 11.6. The van der Waals surface area contributed by atoms with Crippen LogP contribution >= 0.6 is 0 Å². The Morgan fingerprint density at radius 3 is 2.04 bits per heavy atom. The van der Waals surface area contributed by atoms with Gasteiger partial charge in [0.2, 0.25) is 0 Å². The van der Waals surface area contributed by atoms with Crippen LogP contribution in [-0.4, -0.2) is 0 Å². The lowest BCUT2D eigenvalue weighted by Gasteiger charge is -2.28. The molecule has 1 aromatic rings. The van der Waals surface area contributed by atoms with Gasteiger partial charge in [0.25, 0.3) is 0 Å². The largest absolute Gasteiger partial charge is 0.0839 e. The molecule has 0 nitrogen and oxygen atoms in total. The van der Waals surface area contributed by atoms with Gasteiger partial charge in [0.15, 0.2) is 0 Å². The van der Waals surface area contributed by atoms with Gasteiger partial charge in [-0.2, -0.15) is 0 Å². The van der Waals surface area contributed by atoms with Crippen LogP contribution in [0.4, 0.5) is 0 Å². The van der Waals surface area contributed by atoms with Crippen LogP contribution in [0.25, 0.3) is 6.08 Å². The molecule has 146 valence electrons. The van der Waals surface area contributed by atoms with E-state index in [4.69, 9.17) is 0 Å². The minimum absolute atomic E-state index is 0.989. The summed E-state index contributed by atoms with van der Waals surface area (Å²) in [4.78, 5) is 0. The maximum absolute atomic E-state index is 2.40. The van der Waals surface area contributed by atoms with Gasteiger partial charge < -0.3 is 0 Å². The summed E-state index contributed by atoms with van der Waals surface area (Å²) in [7, 11) is 0. The van der Waals surface area contributed by atoms with Crippen LogP contribution < -0.4 is 0 Å². The summed E-state index contributed by atoms with van der Waals surface area (Å²) in [6.07, 6.45) is 24.3. The summed E-state index contributed by atoms with van der Waals surface area (Å²) in [5, 5.41) is 0. The van der Waals surface area contributed by atoms with Gasteiger partial charge in [-0.25, -0.2) is 0 Å². The lowest BCUT2D eigenvalue weighted by molar-refractivity contribution is 0.250. The molecule has 2 rings (SSSR count). The Kier molecular flexibility index (Phi) is 10.8. The van der Waals surface area contributed by atoms with E-state index in [1.165, 1.54) is 101 Å². The molecular formula is C26H42. The number of hydrogen-bond acceptors (Lipinski definition) is 0. The van der Waals surface area contributed by atoms with Gasteiger partial charge >= 0.3 is 0 Å². The SMILES string of the molecule is CCCCCc1ccc(C=CCCC2CCC(CCCCC)CC2)cc1. The minimum Gasteiger partial charge on any atom is -0.0839 e. The van der Waals surface area contributed by atoms with Crippen LogP contribution in [0.3, 0.4) is 0 Å². The van der Waals surface area contributed by atoms with Crippen molar-refractivity contribution in [3.8, 4) is 0 Å². The highest BCUT2D eigenvalue weighted by Crippen LogP contribution is 2.34. The number of allylic oxidation sites excluding steroid dienone is 1. The summed E-state index contributed by atoms with van der Waals surface area (Å²) in [5.74, 6) is 2.03. The molecule has 0 heteroatoms.